The third kappa shape index (κ3) is 5.41. The molecule has 0 aliphatic carbocycles. The van der Waals surface area contributed by atoms with Gasteiger partial charge in [-0.3, -0.25) is 0 Å². The molecule has 158 valence electrons. The SMILES string of the molecule is CC(C)(CCCc1cccc(Oc2ccccc2)c1F)c1ccc(C(F)(F)F)cc1. The van der Waals surface area contributed by atoms with Crippen LogP contribution >= 0.6 is 0 Å². The fourth-order valence-corrected chi connectivity index (χ4v) is 3.42. The van der Waals surface area contributed by atoms with Crippen molar-refractivity contribution in [3.63, 3.8) is 0 Å². The molecular weight excluding hydrogens is 392 g/mol. The first kappa shape index (κ1) is 21.9. The highest BCUT2D eigenvalue weighted by atomic mass is 19.4. The van der Waals surface area contributed by atoms with E-state index in [1.54, 1.807) is 30.3 Å². The maximum atomic E-state index is 14.8. The van der Waals surface area contributed by atoms with Crippen LogP contribution in [0.1, 0.15) is 43.4 Å². The average molecular weight is 416 g/mol. The molecule has 0 aromatic heterocycles. The van der Waals surface area contributed by atoms with Gasteiger partial charge in [-0.05, 0) is 66.1 Å². The molecule has 0 heterocycles. The largest absolute Gasteiger partial charge is 0.454 e. The lowest BCUT2D eigenvalue weighted by molar-refractivity contribution is -0.137. The summed E-state index contributed by atoms with van der Waals surface area (Å²) in [6.07, 6.45) is -2.42. The maximum Gasteiger partial charge on any atom is 0.416 e. The smallest absolute Gasteiger partial charge is 0.416 e. The van der Waals surface area contributed by atoms with Crippen molar-refractivity contribution in [2.24, 2.45) is 0 Å². The van der Waals surface area contributed by atoms with Crippen LogP contribution in [0.3, 0.4) is 0 Å². The fraction of sp³-hybridized carbons (Fsp3) is 0.280. The van der Waals surface area contributed by atoms with E-state index in [1.165, 1.54) is 12.1 Å². The summed E-state index contributed by atoms with van der Waals surface area (Å²) in [6.45, 7) is 3.97. The lowest BCUT2D eigenvalue weighted by Crippen LogP contribution is -2.18. The van der Waals surface area contributed by atoms with Gasteiger partial charge in [-0.25, -0.2) is 4.39 Å². The molecule has 3 rings (SSSR count). The van der Waals surface area contributed by atoms with Gasteiger partial charge in [0.2, 0.25) is 0 Å². The van der Waals surface area contributed by atoms with E-state index in [2.05, 4.69) is 0 Å². The van der Waals surface area contributed by atoms with Crippen LogP contribution in [-0.4, -0.2) is 0 Å². The van der Waals surface area contributed by atoms with Crippen LogP contribution in [0, 0.1) is 5.82 Å². The van der Waals surface area contributed by atoms with Gasteiger partial charge in [0, 0.05) is 0 Å². The van der Waals surface area contributed by atoms with Crippen molar-refractivity contribution < 1.29 is 22.3 Å². The minimum atomic E-state index is -4.34. The van der Waals surface area contributed by atoms with Crippen LogP contribution in [0.2, 0.25) is 0 Å². The van der Waals surface area contributed by atoms with Gasteiger partial charge in [-0.15, -0.1) is 0 Å². The normalized spacial score (nSPS) is 12.1. The van der Waals surface area contributed by atoms with E-state index in [4.69, 9.17) is 4.74 Å². The Kier molecular flexibility index (Phi) is 6.49. The molecular formula is C25H24F4O. The third-order valence-corrected chi connectivity index (χ3v) is 5.26. The van der Waals surface area contributed by atoms with Crippen molar-refractivity contribution in [3.8, 4) is 11.5 Å². The number of ether oxygens (including phenoxy) is 1. The molecule has 0 saturated carbocycles. The Hall–Kier alpha value is -2.82. The number of rotatable bonds is 7. The van der Waals surface area contributed by atoms with Crippen molar-refractivity contribution in [2.45, 2.75) is 44.7 Å². The van der Waals surface area contributed by atoms with Gasteiger partial charge in [-0.1, -0.05) is 56.3 Å². The Balaban J connectivity index is 1.63. The van der Waals surface area contributed by atoms with E-state index >= 15 is 0 Å². The molecule has 5 heteroatoms. The van der Waals surface area contributed by atoms with Crippen molar-refractivity contribution in [2.75, 3.05) is 0 Å². The molecule has 3 aromatic rings. The molecule has 30 heavy (non-hydrogen) atoms. The van der Waals surface area contributed by atoms with E-state index in [9.17, 15) is 17.6 Å². The number of halogens is 4. The first-order valence-corrected chi connectivity index (χ1v) is 9.85. The molecule has 1 nitrogen and oxygen atoms in total. The second kappa shape index (κ2) is 8.90. The van der Waals surface area contributed by atoms with Gasteiger partial charge in [-0.2, -0.15) is 13.2 Å². The Morgan fingerprint density at radius 3 is 2.03 bits per heavy atom. The minimum absolute atomic E-state index is 0.181. The Labute approximate surface area is 174 Å². The summed E-state index contributed by atoms with van der Waals surface area (Å²) in [5.74, 6) is 0.367. The third-order valence-electron chi connectivity index (χ3n) is 5.26. The first-order chi connectivity index (χ1) is 14.2. The summed E-state index contributed by atoms with van der Waals surface area (Å²) in [7, 11) is 0. The van der Waals surface area contributed by atoms with Crippen LogP contribution in [0.4, 0.5) is 17.6 Å². The Morgan fingerprint density at radius 2 is 1.40 bits per heavy atom. The molecule has 0 unspecified atom stereocenters. The number of benzene rings is 3. The van der Waals surface area contributed by atoms with Crippen LogP contribution < -0.4 is 4.74 Å². The summed E-state index contributed by atoms with van der Waals surface area (Å²) in [4.78, 5) is 0. The van der Waals surface area contributed by atoms with Crippen LogP contribution in [0.25, 0.3) is 0 Å². The summed E-state index contributed by atoms with van der Waals surface area (Å²) >= 11 is 0. The average Bonchev–Trinajstić information content (AvgIpc) is 2.71. The summed E-state index contributed by atoms with van der Waals surface area (Å²) in [5.41, 5.74) is 0.418. The lowest BCUT2D eigenvalue weighted by atomic mass is 9.79. The molecule has 0 amide bonds. The number of aryl methyl sites for hydroxylation is 1. The highest BCUT2D eigenvalue weighted by molar-refractivity contribution is 5.36. The fourth-order valence-electron chi connectivity index (χ4n) is 3.42. The number of hydrogen-bond acceptors (Lipinski definition) is 1. The van der Waals surface area contributed by atoms with Gasteiger partial charge in [0.15, 0.2) is 11.6 Å². The molecule has 0 radical (unpaired) electrons. The van der Waals surface area contributed by atoms with Gasteiger partial charge in [0.25, 0.3) is 0 Å². The van der Waals surface area contributed by atoms with Gasteiger partial charge in [0.05, 0.1) is 5.56 Å². The topological polar surface area (TPSA) is 9.23 Å². The van der Waals surface area contributed by atoms with E-state index in [0.717, 1.165) is 17.7 Å². The lowest BCUT2D eigenvalue weighted by Gasteiger charge is -2.26. The number of hydrogen-bond donors (Lipinski definition) is 0. The monoisotopic (exact) mass is 416 g/mol. The Morgan fingerprint density at radius 1 is 0.767 bits per heavy atom. The molecule has 0 aliphatic heterocycles. The highest BCUT2D eigenvalue weighted by Crippen LogP contribution is 2.34. The van der Waals surface area contributed by atoms with Crippen LogP contribution in [0.15, 0.2) is 72.8 Å². The summed E-state index contributed by atoms with van der Waals surface area (Å²) in [5, 5.41) is 0. The van der Waals surface area contributed by atoms with Crippen molar-refractivity contribution in [3.05, 3.63) is 95.3 Å². The van der Waals surface area contributed by atoms with Crippen molar-refractivity contribution >= 4 is 0 Å². The molecule has 0 aliphatic rings. The molecule has 3 aromatic carbocycles. The standard InChI is InChI=1S/C25H24F4O/c1-24(2,19-13-15-20(16-14-19)25(27,28)29)17-7-9-18-8-6-12-22(23(18)26)30-21-10-4-3-5-11-21/h3-6,8,10-16H,7,9,17H2,1-2H3. The molecule has 0 N–H and O–H groups in total. The molecule has 0 fully saturated rings. The Bertz CT molecular complexity index is 961. The summed E-state index contributed by atoms with van der Waals surface area (Å²) in [6, 6.07) is 19.4. The molecule has 0 atom stereocenters. The predicted molar refractivity (Wildman–Crippen MR) is 110 cm³/mol. The zero-order valence-electron chi connectivity index (χ0n) is 17.0. The quantitative estimate of drug-likeness (QED) is 0.355. The van der Waals surface area contributed by atoms with Crippen LogP contribution in [-0.2, 0) is 18.0 Å². The van der Waals surface area contributed by atoms with E-state index in [-0.39, 0.29) is 17.0 Å². The predicted octanol–water partition coefficient (Wildman–Crippen LogP) is 7.94. The van der Waals surface area contributed by atoms with Gasteiger partial charge in [0.1, 0.15) is 5.75 Å². The zero-order chi connectivity index (χ0) is 21.8. The molecule has 0 bridgehead atoms. The van der Waals surface area contributed by atoms with E-state index in [0.29, 0.717) is 30.6 Å². The number of para-hydroxylation sites is 1. The molecule has 0 spiro atoms. The second-order valence-electron chi connectivity index (χ2n) is 7.96. The van der Waals surface area contributed by atoms with Gasteiger partial charge >= 0.3 is 6.18 Å². The minimum Gasteiger partial charge on any atom is -0.454 e. The van der Waals surface area contributed by atoms with Gasteiger partial charge < -0.3 is 4.74 Å². The van der Waals surface area contributed by atoms with E-state index in [1.807, 2.05) is 32.0 Å². The highest BCUT2D eigenvalue weighted by Gasteiger charge is 2.31. The number of alkyl halides is 3. The van der Waals surface area contributed by atoms with Crippen molar-refractivity contribution in [1.82, 2.24) is 0 Å². The first-order valence-electron chi connectivity index (χ1n) is 9.85. The zero-order valence-corrected chi connectivity index (χ0v) is 17.0. The second-order valence-corrected chi connectivity index (χ2v) is 7.96. The van der Waals surface area contributed by atoms with Crippen molar-refractivity contribution in [1.29, 1.82) is 0 Å². The summed E-state index contributed by atoms with van der Waals surface area (Å²) < 4.78 is 58.8. The molecule has 0 saturated heterocycles. The van der Waals surface area contributed by atoms with Crippen LogP contribution in [0.5, 0.6) is 11.5 Å². The maximum absolute atomic E-state index is 14.8. The van der Waals surface area contributed by atoms with E-state index < -0.39 is 11.7 Å².